The molecule has 0 unspecified atom stereocenters. The lowest BCUT2D eigenvalue weighted by Gasteiger charge is -2.09. The van der Waals surface area contributed by atoms with Gasteiger partial charge in [0.2, 0.25) is 0 Å². The van der Waals surface area contributed by atoms with E-state index in [0.717, 1.165) is 11.8 Å². The van der Waals surface area contributed by atoms with Crippen LogP contribution in [0.1, 0.15) is 19.4 Å². The summed E-state index contributed by atoms with van der Waals surface area (Å²) in [6, 6.07) is 4.82. The zero-order valence-electron chi connectivity index (χ0n) is 10.9. The molecule has 1 rings (SSSR count). The number of sulfone groups is 1. The number of nitrogens with zero attached hydrogens (tertiary/aromatic N) is 1. The Morgan fingerprint density at radius 3 is 2.56 bits per heavy atom. The molecular weight excluding hydrogens is 254 g/mol. The maximum Gasteiger partial charge on any atom is 0.179 e. The first-order chi connectivity index (χ1) is 8.40. The molecule has 1 aromatic rings. The summed E-state index contributed by atoms with van der Waals surface area (Å²) in [7, 11) is -1.87. The van der Waals surface area contributed by atoms with Crippen LogP contribution in [-0.2, 0) is 14.7 Å². The van der Waals surface area contributed by atoms with Crippen molar-refractivity contribution < 1.29 is 18.0 Å². The predicted octanol–water partition coefficient (Wildman–Crippen LogP) is 1.86. The summed E-state index contributed by atoms with van der Waals surface area (Å²) < 4.78 is 28.2. The number of hydrogen-bond donors (Lipinski definition) is 0. The van der Waals surface area contributed by atoms with E-state index in [0.29, 0.717) is 18.1 Å². The lowest BCUT2D eigenvalue weighted by molar-refractivity contribution is 0.159. The zero-order chi connectivity index (χ0) is 13.8. The average molecular weight is 271 g/mol. The topological polar surface area (TPSA) is 65.0 Å². The number of hydrogen-bond acceptors (Lipinski definition) is 5. The van der Waals surface area contributed by atoms with Crippen LogP contribution in [0.5, 0.6) is 5.75 Å². The Labute approximate surface area is 107 Å². The van der Waals surface area contributed by atoms with E-state index in [9.17, 15) is 8.42 Å². The van der Waals surface area contributed by atoms with Crippen LogP contribution in [0.4, 0.5) is 0 Å². The van der Waals surface area contributed by atoms with Crippen molar-refractivity contribution in [3.8, 4) is 5.75 Å². The van der Waals surface area contributed by atoms with Gasteiger partial charge in [-0.25, -0.2) is 8.42 Å². The van der Waals surface area contributed by atoms with Crippen LogP contribution in [0.2, 0.25) is 0 Å². The molecule has 0 saturated heterocycles. The lowest BCUT2D eigenvalue weighted by Crippen LogP contribution is -2.03. The molecule has 0 atom stereocenters. The van der Waals surface area contributed by atoms with Crippen LogP contribution in [0, 0.1) is 0 Å². The van der Waals surface area contributed by atoms with E-state index in [1.165, 1.54) is 13.2 Å². The van der Waals surface area contributed by atoms with Crippen LogP contribution in [-0.4, -0.2) is 34.1 Å². The second kappa shape index (κ2) is 5.86. The van der Waals surface area contributed by atoms with Gasteiger partial charge in [0.05, 0.1) is 12.8 Å². The predicted molar refractivity (Wildman–Crippen MR) is 69.9 cm³/mol. The molecule has 0 radical (unpaired) electrons. The van der Waals surface area contributed by atoms with Crippen LogP contribution >= 0.6 is 0 Å². The van der Waals surface area contributed by atoms with Gasteiger partial charge in [-0.05, 0) is 26.0 Å². The average Bonchev–Trinajstić information content (AvgIpc) is 2.33. The normalized spacial score (nSPS) is 12.3. The summed E-state index contributed by atoms with van der Waals surface area (Å²) in [6.45, 7) is 4.10. The molecule has 0 fully saturated rings. The smallest absolute Gasteiger partial charge is 0.179 e. The highest BCUT2D eigenvalue weighted by Crippen LogP contribution is 2.25. The second-order valence-corrected chi connectivity index (χ2v) is 5.72. The first-order valence-electron chi connectivity index (χ1n) is 5.45. The van der Waals surface area contributed by atoms with Crippen molar-refractivity contribution in [1.82, 2.24) is 0 Å². The summed E-state index contributed by atoms with van der Waals surface area (Å²) >= 11 is 0. The molecule has 0 aliphatic carbocycles. The van der Waals surface area contributed by atoms with Gasteiger partial charge >= 0.3 is 0 Å². The number of oxime groups is 1. The van der Waals surface area contributed by atoms with Gasteiger partial charge in [0.15, 0.2) is 9.84 Å². The van der Waals surface area contributed by atoms with Crippen molar-refractivity contribution in [1.29, 1.82) is 0 Å². The number of ether oxygens (including phenoxy) is 1. The number of rotatable bonds is 5. The molecule has 0 aliphatic heterocycles. The van der Waals surface area contributed by atoms with Crippen molar-refractivity contribution in [3.63, 3.8) is 0 Å². The largest absolute Gasteiger partial charge is 0.495 e. The maximum absolute atomic E-state index is 11.5. The number of methoxy groups -OCH3 is 1. The lowest BCUT2D eigenvalue weighted by atomic mass is 10.1. The monoisotopic (exact) mass is 271 g/mol. The fourth-order valence-electron chi connectivity index (χ4n) is 1.41. The molecule has 100 valence electrons. The van der Waals surface area contributed by atoms with E-state index in [-0.39, 0.29) is 4.90 Å². The minimum Gasteiger partial charge on any atom is -0.495 e. The van der Waals surface area contributed by atoms with E-state index in [1.54, 1.807) is 19.1 Å². The van der Waals surface area contributed by atoms with Gasteiger partial charge in [0.1, 0.15) is 17.3 Å². The van der Waals surface area contributed by atoms with Gasteiger partial charge in [-0.15, -0.1) is 0 Å². The molecule has 0 saturated carbocycles. The first-order valence-corrected chi connectivity index (χ1v) is 7.34. The molecule has 5 nitrogen and oxygen atoms in total. The Hall–Kier alpha value is -1.56. The molecule has 0 heterocycles. The molecule has 1 aromatic carbocycles. The van der Waals surface area contributed by atoms with Gasteiger partial charge in [0.25, 0.3) is 0 Å². The van der Waals surface area contributed by atoms with Gasteiger partial charge < -0.3 is 9.57 Å². The molecule has 0 bridgehead atoms. The third-order valence-corrected chi connectivity index (χ3v) is 3.45. The van der Waals surface area contributed by atoms with Gasteiger partial charge in [-0.3, -0.25) is 0 Å². The minimum absolute atomic E-state index is 0.165. The Morgan fingerprint density at radius 2 is 2.06 bits per heavy atom. The van der Waals surface area contributed by atoms with Crippen LogP contribution < -0.4 is 4.74 Å². The summed E-state index contributed by atoms with van der Waals surface area (Å²) in [6.07, 6.45) is 1.14. The van der Waals surface area contributed by atoms with Crippen molar-refractivity contribution in [2.24, 2.45) is 5.16 Å². The van der Waals surface area contributed by atoms with Crippen molar-refractivity contribution in [3.05, 3.63) is 23.8 Å². The van der Waals surface area contributed by atoms with Gasteiger partial charge in [-0.1, -0.05) is 11.2 Å². The summed E-state index contributed by atoms with van der Waals surface area (Å²) in [4.78, 5) is 5.11. The van der Waals surface area contributed by atoms with Crippen molar-refractivity contribution in [2.75, 3.05) is 20.0 Å². The Balaban J connectivity index is 3.22. The van der Waals surface area contributed by atoms with E-state index < -0.39 is 9.84 Å². The van der Waals surface area contributed by atoms with Gasteiger partial charge in [0, 0.05) is 11.8 Å². The SMILES string of the molecule is CCON=C(C)c1ccc(S(C)(=O)=O)c(OC)c1. The molecule has 0 aromatic heterocycles. The zero-order valence-corrected chi connectivity index (χ0v) is 11.7. The fraction of sp³-hybridized carbons (Fsp3) is 0.417. The quantitative estimate of drug-likeness (QED) is 0.605. The third-order valence-electron chi connectivity index (χ3n) is 2.31. The molecule has 6 heteroatoms. The minimum atomic E-state index is -3.30. The molecule has 18 heavy (non-hydrogen) atoms. The van der Waals surface area contributed by atoms with Crippen molar-refractivity contribution >= 4 is 15.5 Å². The second-order valence-electron chi connectivity index (χ2n) is 3.73. The summed E-state index contributed by atoms with van der Waals surface area (Å²) in [5.41, 5.74) is 1.42. The number of benzene rings is 1. The van der Waals surface area contributed by atoms with Crippen LogP contribution in [0.15, 0.2) is 28.3 Å². The van der Waals surface area contributed by atoms with Crippen LogP contribution in [0.25, 0.3) is 0 Å². The first kappa shape index (κ1) is 14.5. The van der Waals surface area contributed by atoms with Crippen molar-refractivity contribution in [2.45, 2.75) is 18.7 Å². The third kappa shape index (κ3) is 3.46. The highest BCUT2D eigenvalue weighted by molar-refractivity contribution is 7.90. The molecule has 0 aliphatic rings. The van der Waals surface area contributed by atoms with E-state index in [2.05, 4.69) is 5.16 Å². The Morgan fingerprint density at radius 1 is 1.39 bits per heavy atom. The highest BCUT2D eigenvalue weighted by atomic mass is 32.2. The van der Waals surface area contributed by atoms with E-state index >= 15 is 0 Å². The molecule has 0 amide bonds. The molecule has 0 spiro atoms. The van der Waals surface area contributed by atoms with E-state index in [4.69, 9.17) is 9.57 Å². The fourth-order valence-corrected chi connectivity index (χ4v) is 2.24. The summed E-state index contributed by atoms with van der Waals surface area (Å²) in [5, 5.41) is 3.89. The summed E-state index contributed by atoms with van der Waals surface area (Å²) in [5.74, 6) is 0.307. The molecular formula is C12H17NO4S. The Bertz CT molecular complexity index is 549. The van der Waals surface area contributed by atoms with Gasteiger partial charge in [-0.2, -0.15) is 0 Å². The van der Waals surface area contributed by atoms with Crippen LogP contribution in [0.3, 0.4) is 0 Å². The standard InChI is InChI=1S/C12H17NO4S/c1-5-17-13-9(2)10-6-7-12(18(4,14)15)11(8-10)16-3/h6-8H,5H2,1-4H3. The highest BCUT2D eigenvalue weighted by Gasteiger charge is 2.15. The molecule has 0 N–H and O–H groups in total. The van der Waals surface area contributed by atoms with E-state index in [1.807, 2.05) is 6.92 Å². The Kier molecular flexibility index (Phi) is 4.72. The maximum atomic E-state index is 11.5.